The highest BCUT2D eigenvalue weighted by molar-refractivity contribution is 5.80. The average molecular weight is 519 g/mol. The van der Waals surface area contributed by atoms with E-state index < -0.39 is 0 Å². The maximum absolute atomic E-state index is 13.6. The summed E-state index contributed by atoms with van der Waals surface area (Å²) in [5.41, 5.74) is 4.63. The zero-order chi connectivity index (χ0) is 26.9. The Hall–Kier alpha value is -5.12. The molecule has 0 spiro atoms. The monoisotopic (exact) mass is 518 g/mol. The Labute approximate surface area is 223 Å². The van der Waals surface area contributed by atoms with Crippen LogP contribution in [0.4, 0.5) is 0 Å². The third kappa shape index (κ3) is 4.25. The van der Waals surface area contributed by atoms with Crippen LogP contribution in [0.15, 0.2) is 88.5 Å². The first-order valence-electron chi connectivity index (χ1n) is 12.8. The second kappa shape index (κ2) is 9.97. The van der Waals surface area contributed by atoms with Crippen molar-refractivity contribution in [1.82, 2.24) is 39.3 Å². The van der Waals surface area contributed by atoms with Crippen LogP contribution in [0.1, 0.15) is 24.7 Å². The lowest BCUT2D eigenvalue weighted by Gasteiger charge is -2.13. The molecule has 0 aliphatic rings. The molecule has 10 heteroatoms. The number of para-hydroxylation sites is 1. The normalized spacial score (nSPS) is 11.3. The number of fused-ring (bicyclic) bond motifs is 1. The first kappa shape index (κ1) is 24.2. The summed E-state index contributed by atoms with van der Waals surface area (Å²) in [6.45, 7) is 4.57. The summed E-state index contributed by atoms with van der Waals surface area (Å²) >= 11 is 0. The van der Waals surface area contributed by atoms with Crippen LogP contribution in [0, 0.1) is 6.92 Å². The lowest BCUT2D eigenvalue weighted by atomic mass is 9.98. The molecule has 194 valence electrons. The predicted molar refractivity (Wildman–Crippen MR) is 149 cm³/mol. The minimum Gasteiger partial charge on any atom is -0.318 e. The number of aryl methyl sites for hydroxylation is 1. The lowest BCUT2D eigenvalue weighted by molar-refractivity contribution is 0.604. The highest BCUT2D eigenvalue weighted by Crippen LogP contribution is 2.30. The highest BCUT2D eigenvalue weighted by atomic mass is 16.2. The van der Waals surface area contributed by atoms with Crippen LogP contribution < -0.4 is 11.2 Å². The van der Waals surface area contributed by atoms with E-state index in [4.69, 9.17) is 4.98 Å². The van der Waals surface area contributed by atoms with Crippen molar-refractivity contribution in [3.05, 3.63) is 111 Å². The van der Waals surface area contributed by atoms with Crippen LogP contribution in [0.25, 0.3) is 39.4 Å². The minimum atomic E-state index is -0.380. The number of hydrogen-bond acceptors (Lipinski definition) is 6. The molecule has 0 unspecified atom stereocenters. The standard InChI is InChI=1S/C29H26N8O2/c1-3-17-35-28(38)25-27(37(29(35)39)22-9-5-4-6-10-22)30-19(2)36(25)18-20-13-15-21(16-14-20)23-11-7-8-12-24(23)26-31-33-34-32-26/h4-16H,3,17-18H2,1-2H3,(H,31,32,33,34). The van der Waals surface area contributed by atoms with Gasteiger partial charge in [0.05, 0.1) is 5.69 Å². The molecular formula is C29H26N8O2. The Morgan fingerprint density at radius 3 is 2.26 bits per heavy atom. The molecule has 10 nitrogen and oxygen atoms in total. The number of tetrazole rings is 1. The third-order valence-corrected chi connectivity index (χ3v) is 6.80. The fourth-order valence-corrected chi connectivity index (χ4v) is 4.94. The Morgan fingerprint density at radius 2 is 1.56 bits per heavy atom. The number of H-pyrrole nitrogens is 1. The maximum Gasteiger partial charge on any atom is 0.337 e. The number of benzene rings is 3. The zero-order valence-corrected chi connectivity index (χ0v) is 21.6. The first-order valence-corrected chi connectivity index (χ1v) is 12.8. The van der Waals surface area contributed by atoms with Gasteiger partial charge < -0.3 is 4.57 Å². The van der Waals surface area contributed by atoms with Crippen molar-refractivity contribution >= 4 is 11.2 Å². The number of aromatic amines is 1. The average Bonchev–Trinajstić information content (AvgIpc) is 3.61. The Bertz CT molecular complexity index is 1880. The van der Waals surface area contributed by atoms with Gasteiger partial charge in [-0.15, -0.1) is 10.2 Å². The van der Waals surface area contributed by atoms with Crippen molar-refractivity contribution in [3.63, 3.8) is 0 Å². The van der Waals surface area contributed by atoms with E-state index in [1.54, 1.807) is 0 Å². The van der Waals surface area contributed by atoms with Gasteiger partial charge in [-0.3, -0.25) is 9.36 Å². The van der Waals surface area contributed by atoms with E-state index in [1.807, 2.05) is 97.3 Å². The molecule has 0 saturated carbocycles. The molecule has 0 amide bonds. The van der Waals surface area contributed by atoms with Crippen LogP contribution in [-0.4, -0.2) is 39.3 Å². The van der Waals surface area contributed by atoms with Gasteiger partial charge in [-0.1, -0.05) is 73.7 Å². The van der Waals surface area contributed by atoms with Crippen molar-refractivity contribution in [2.75, 3.05) is 0 Å². The van der Waals surface area contributed by atoms with Crippen molar-refractivity contribution in [2.45, 2.75) is 33.4 Å². The van der Waals surface area contributed by atoms with Crippen molar-refractivity contribution in [3.8, 4) is 28.2 Å². The van der Waals surface area contributed by atoms with E-state index in [9.17, 15) is 9.59 Å². The summed E-state index contributed by atoms with van der Waals surface area (Å²) in [4.78, 5) is 31.7. The topological polar surface area (TPSA) is 116 Å². The molecule has 0 radical (unpaired) electrons. The summed E-state index contributed by atoms with van der Waals surface area (Å²) in [6.07, 6.45) is 0.662. The molecular weight excluding hydrogens is 492 g/mol. The van der Waals surface area contributed by atoms with Crippen LogP contribution in [0.2, 0.25) is 0 Å². The summed E-state index contributed by atoms with van der Waals surface area (Å²) in [5, 5.41) is 14.4. The Kier molecular flexibility index (Phi) is 6.20. The number of nitrogens with zero attached hydrogens (tertiary/aromatic N) is 7. The molecule has 3 aromatic heterocycles. The second-order valence-electron chi connectivity index (χ2n) is 9.31. The van der Waals surface area contributed by atoms with Gasteiger partial charge in [0.25, 0.3) is 5.56 Å². The highest BCUT2D eigenvalue weighted by Gasteiger charge is 2.21. The molecule has 0 fully saturated rings. The van der Waals surface area contributed by atoms with Gasteiger partial charge >= 0.3 is 5.69 Å². The van der Waals surface area contributed by atoms with E-state index in [-0.39, 0.29) is 11.2 Å². The first-order chi connectivity index (χ1) is 19.1. The number of imidazole rings is 1. The second-order valence-corrected chi connectivity index (χ2v) is 9.31. The SMILES string of the molecule is CCCn1c(=O)c2c(nc(C)n2Cc2ccc(-c3ccccc3-c3nn[nH]n3)cc2)n(-c2ccccc2)c1=O. The third-order valence-electron chi connectivity index (χ3n) is 6.80. The molecule has 0 saturated heterocycles. The molecule has 39 heavy (non-hydrogen) atoms. The van der Waals surface area contributed by atoms with Gasteiger partial charge in [0.1, 0.15) is 5.82 Å². The number of hydrogen-bond donors (Lipinski definition) is 1. The molecule has 0 bridgehead atoms. The van der Waals surface area contributed by atoms with Crippen molar-refractivity contribution < 1.29 is 0 Å². The van der Waals surface area contributed by atoms with Crippen molar-refractivity contribution in [2.24, 2.45) is 0 Å². The van der Waals surface area contributed by atoms with E-state index in [0.717, 1.165) is 22.3 Å². The lowest BCUT2D eigenvalue weighted by Crippen LogP contribution is -2.40. The number of aromatic nitrogens is 8. The molecule has 0 aliphatic carbocycles. The molecule has 6 rings (SSSR count). The van der Waals surface area contributed by atoms with E-state index >= 15 is 0 Å². The number of rotatable bonds is 7. The van der Waals surface area contributed by atoms with Gasteiger partial charge in [-0.05, 0) is 47.4 Å². The Morgan fingerprint density at radius 1 is 0.846 bits per heavy atom. The van der Waals surface area contributed by atoms with Gasteiger partial charge in [0.2, 0.25) is 5.82 Å². The smallest absolute Gasteiger partial charge is 0.318 e. The van der Waals surface area contributed by atoms with Crippen LogP contribution >= 0.6 is 0 Å². The molecule has 1 N–H and O–H groups in total. The molecule has 3 aromatic carbocycles. The van der Waals surface area contributed by atoms with Crippen LogP contribution in [-0.2, 0) is 13.1 Å². The molecule has 3 heterocycles. The quantitative estimate of drug-likeness (QED) is 0.342. The van der Waals surface area contributed by atoms with Crippen LogP contribution in [0.5, 0.6) is 0 Å². The summed E-state index contributed by atoms with van der Waals surface area (Å²) in [6, 6.07) is 25.4. The summed E-state index contributed by atoms with van der Waals surface area (Å²) in [7, 11) is 0. The molecule has 6 aromatic rings. The van der Waals surface area contributed by atoms with Gasteiger partial charge in [0, 0.05) is 18.7 Å². The zero-order valence-electron chi connectivity index (χ0n) is 21.6. The predicted octanol–water partition coefficient (Wildman–Crippen LogP) is 3.96. The Balaban J connectivity index is 1.44. The van der Waals surface area contributed by atoms with Gasteiger partial charge in [-0.25, -0.2) is 14.3 Å². The summed E-state index contributed by atoms with van der Waals surface area (Å²) in [5.74, 6) is 1.19. The van der Waals surface area contributed by atoms with Gasteiger partial charge in [-0.2, -0.15) is 5.21 Å². The fraction of sp³-hybridized carbons (Fsp3) is 0.172. The largest absolute Gasteiger partial charge is 0.337 e. The van der Waals surface area contributed by atoms with Crippen LogP contribution in [0.3, 0.4) is 0 Å². The molecule has 0 atom stereocenters. The number of nitrogens with one attached hydrogen (secondary N) is 1. The fourth-order valence-electron chi connectivity index (χ4n) is 4.94. The van der Waals surface area contributed by atoms with E-state index in [2.05, 4.69) is 20.6 Å². The minimum absolute atomic E-state index is 0.324. The van der Waals surface area contributed by atoms with Gasteiger partial charge in [0.15, 0.2) is 11.2 Å². The summed E-state index contributed by atoms with van der Waals surface area (Å²) < 4.78 is 4.74. The van der Waals surface area contributed by atoms with E-state index in [1.165, 1.54) is 9.13 Å². The van der Waals surface area contributed by atoms with Crippen molar-refractivity contribution in [1.29, 1.82) is 0 Å². The van der Waals surface area contributed by atoms with E-state index in [0.29, 0.717) is 48.0 Å². The maximum atomic E-state index is 13.6. The molecule has 0 aliphatic heterocycles.